The van der Waals surface area contributed by atoms with E-state index in [0.29, 0.717) is 0 Å². The summed E-state index contributed by atoms with van der Waals surface area (Å²) in [5, 5.41) is 0. The monoisotopic (exact) mass is 141 g/mol. The van der Waals surface area contributed by atoms with Crippen LogP contribution in [0.1, 0.15) is 12.8 Å². The lowest BCUT2D eigenvalue weighted by atomic mass is 10.1. The van der Waals surface area contributed by atoms with Gasteiger partial charge in [-0.1, -0.05) is 6.08 Å². The van der Waals surface area contributed by atoms with Gasteiger partial charge in [-0.25, -0.2) is 0 Å². The van der Waals surface area contributed by atoms with Crippen LogP contribution < -0.4 is 5.73 Å². The van der Waals surface area contributed by atoms with E-state index in [9.17, 15) is 0 Å². The van der Waals surface area contributed by atoms with Gasteiger partial charge in [-0.15, -0.1) is 11.8 Å². The maximum atomic E-state index is 5.57. The molecule has 2 N–H and O–H groups in total. The van der Waals surface area contributed by atoms with Gasteiger partial charge in [0.15, 0.2) is 0 Å². The molecule has 0 aromatic heterocycles. The zero-order valence-electron chi connectivity index (χ0n) is 5.55. The predicted molar refractivity (Wildman–Crippen MR) is 43.1 cm³/mol. The van der Waals surface area contributed by atoms with Crippen molar-refractivity contribution in [2.45, 2.75) is 12.8 Å². The molecule has 0 spiro atoms. The highest BCUT2D eigenvalue weighted by molar-refractivity contribution is 8.02. The third kappa shape index (κ3) is 1.79. The van der Waals surface area contributed by atoms with Crippen LogP contribution in [0.2, 0.25) is 0 Å². The van der Waals surface area contributed by atoms with E-state index in [1.54, 1.807) is 11.8 Å². The second-order valence-electron chi connectivity index (χ2n) is 2.06. The van der Waals surface area contributed by atoms with E-state index in [0.717, 1.165) is 12.1 Å². The lowest BCUT2D eigenvalue weighted by molar-refractivity contribution is 0.996. The van der Waals surface area contributed by atoms with Crippen molar-refractivity contribution in [3.05, 3.63) is 22.8 Å². The molecule has 9 heavy (non-hydrogen) atoms. The van der Waals surface area contributed by atoms with Crippen molar-refractivity contribution in [1.29, 1.82) is 0 Å². The van der Waals surface area contributed by atoms with Crippen LogP contribution in [-0.4, -0.2) is 6.26 Å². The highest BCUT2D eigenvalue weighted by Gasteiger charge is 1.99. The van der Waals surface area contributed by atoms with Gasteiger partial charge < -0.3 is 5.73 Å². The van der Waals surface area contributed by atoms with E-state index in [1.165, 1.54) is 11.3 Å². The summed E-state index contributed by atoms with van der Waals surface area (Å²) < 4.78 is 0. The minimum absolute atomic E-state index is 0.922. The summed E-state index contributed by atoms with van der Waals surface area (Å²) in [6.45, 7) is 0. The molecular formula is C7H11NS. The summed E-state index contributed by atoms with van der Waals surface area (Å²) in [6, 6.07) is 0. The maximum Gasteiger partial charge on any atom is 0.0281 e. The van der Waals surface area contributed by atoms with Crippen molar-refractivity contribution in [2.24, 2.45) is 5.73 Å². The first-order chi connectivity index (χ1) is 4.33. The first kappa shape index (κ1) is 6.75. The highest BCUT2D eigenvalue weighted by atomic mass is 32.2. The molecule has 1 aliphatic carbocycles. The summed E-state index contributed by atoms with van der Waals surface area (Å²) in [5.41, 5.74) is 6.49. The normalized spacial score (nSPS) is 18.8. The van der Waals surface area contributed by atoms with Gasteiger partial charge >= 0.3 is 0 Å². The number of hydrogen-bond acceptors (Lipinski definition) is 2. The van der Waals surface area contributed by atoms with Crippen molar-refractivity contribution in [3.63, 3.8) is 0 Å². The number of nitrogens with two attached hydrogens (primary N) is 1. The fourth-order valence-corrected chi connectivity index (χ4v) is 1.43. The Bertz CT molecular complexity index is 158. The minimum atomic E-state index is 0.922. The molecule has 50 valence electrons. The smallest absolute Gasteiger partial charge is 0.0281 e. The molecule has 0 fully saturated rings. The first-order valence-electron chi connectivity index (χ1n) is 3.03. The molecule has 0 unspecified atom stereocenters. The number of hydrogen-bond donors (Lipinski definition) is 1. The molecule has 0 amide bonds. The Morgan fingerprint density at radius 2 is 2.44 bits per heavy atom. The van der Waals surface area contributed by atoms with E-state index in [1.807, 2.05) is 6.08 Å². The molecule has 0 aliphatic heterocycles. The number of allylic oxidation sites excluding steroid dienone is 3. The van der Waals surface area contributed by atoms with Gasteiger partial charge in [0, 0.05) is 5.70 Å². The molecule has 0 aromatic rings. The molecule has 0 atom stereocenters. The molecule has 0 aromatic carbocycles. The summed E-state index contributed by atoms with van der Waals surface area (Å²) in [6.07, 6.45) is 8.48. The van der Waals surface area contributed by atoms with Crippen molar-refractivity contribution in [2.75, 3.05) is 6.26 Å². The Morgan fingerprint density at radius 1 is 1.67 bits per heavy atom. The van der Waals surface area contributed by atoms with Gasteiger partial charge in [-0.2, -0.15) is 0 Å². The van der Waals surface area contributed by atoms with Crippen LogP contribution in [0, 0.1) is 0 Å². The molecule has 0 radical (unpaired) electrons. The Morgan fingerprint density at radius 3 is 2.89 bits per heavy atom. The standard InChI is InChI=1S/C7H11NS/c1-9-7-4-2-3-6(8)5-7/h3,5H,2,4,8H2,1H3. The average Bonchev–Trinajstić information content (AvgIpc) is 1.88. The fraction of sp³-hybridized carbons (Fsp3) is 0.429. The summed E-state index contributed by atoms with van der Waals surface area (Å²) in [5.74, 6) is 0. The molecular weight excluding hydrogens is 130 g/mol. The van der Waals surface area contributed by atoms with Crippen LogP contribution in [0.25, 0.3) is 0 Å². The summed E-state index contributed by atoms with van der Waals surface area (Å²) in [4.78, 5) is 1.40. The Balaban J connectivity index is 2.63. The quantitative estimate of drug-likeness (QED) is 0.603. The van der Waals surface area contributed by atoms with Crippen LogP contribution in [0.4, 0.5) is 0 Å². The predicted octanol–water partition coefficient (Wildman–Crippen LogP) is 1.87. The fourth-order valence-electron chi connectivity index (χ4n) is 0.859. The molecule has 0 heterocycles. The third-order valence-corrected chi connectivity index (χ3v) is 2.21. The molecule has 1 nitrogen and oxygen atoms in total. The lowest BCUT2D eigenvalue weighted by Gasteiger charge is -2.07. The molecule has 0 bridgehead atoms. The van der Waals surface area contributed by atoms with E-state index in [-0.39, 0.29) is 0 Å². The Kier molecular flexibility index (Phi) is 2.22. The van der Waals surface area contributed by atoms with Gasteiger partial charge in [0.2, 0.25) is 0 Å². The highest BCUT2D eigenvalue weighted by Crippen LogP contribution is 2.22. The molecule has 2 heteroatoms. The Labute approximate surface area is 60.0 Å². The van der Waals surface area contributed by atoms with E-state index >= 15 is 0 Å². The number of rotatable bonds is 1. The van der Waals surface area contributed by atoms with Gasteiger partial charge in [-0.05, 0) is 30.1 Å². The molecule has 1 aliphatic rings. The van der Waals surface area contributed by atoms with Gasteiger partial charge in [0.1, 0.15) is 0 Å². The Hall–Kier alpha value is -0.370. The van der Waals surface area contributed by atoms with Crippen LogP contribution in [0.15, 0.2) is 22.8 Å². The van der Waals surface area contributed by atoms with Gasteiger partial charge in [0.25, 0.3) is 0 Å². The SMILES string of the molecule is CSC1=CC(N)=CCC1. The summed E-state index contributed by atoms with van der Waals surface area (Å²) >= 11 is 1.79. The zero-order valence-corrected chi connectivity index (χ0v) is 6.37. The average molecular weight is 141 g/mol. The first-order valence-corrected chi connectivity index (χ1v) is 4.25. The number of thioether (sulfide) groups is 1. The van der Waals surface area contributed by atoms with Crippen LogP contribution >= 0.6 is 11.8 Å². The van der Waals surface area contributed by atoms with Gasteiger partial charge in [-0.3, -0.25) is 0 Å². The van der Waals surface area contributed by atoms with Crippen LogP contribution in [0.3, 0.4) is 0 Å². The maximum absolute atomic E-state index is 5.57. The molecule has 0 saturated carbocycles. The zero-order chi connectivity index (χ0) is 6.69. The second kappa shape index (κ2) is 2.97. The van der Waals surface area contributed by atoms with Crippen LogP contribution in [-0.2, 0) is 0 Å². The van der Waals surface area contributed by atoms with Crippen molar-refractivity contribution >= 4 is 11.8 Å². The topological polar surface area (TPSA) is 26.0 Å². The minimum Gasteiger partial charge on any atom is -0.399 e. The lowest BCUT2D eigenvalue weighted by Crippen LogP contribution is -1.97. The van der Waals surface area contributed by atoms with Crippen molar-refractivity contribution in [3.8, 4) is 0 Å². The third-order valence-electron chi connectivity index (χ3n) is 1.36. The van der Waals surface area contributed by atoms with Gasteiger partial charge in [0.05, 0.1) is 0 Å². The largest absolute Gasteiger partial charge is 0.399 e. The summed E-state index contributed by atoms with van der Waals surface area (Å²) in [7, 11) is 0. The molecule has 1 rings (SSSR count). The van der Waals surface area contributed by atoms with E-state index in [2.05, 4.69) is 12.3 Å². The van der Waals surface area contributed by atoms with E-state index in [4.69, 9.17) is 5.73 Å². The van der Waals surface area contributed by atoms with Crippen molar-refractivity contribution < 1.29 is 0 Å². The van der Waals surface area contributed by atoms with Crippen LogP contribution in [0.5, 0.6) is 0 Å². The van der Waals surface area contributed by atoms with E-state index < -0.39 is 0 Å². The second-order valence-corrected chi connectivity index (χ2v) is 2.99. The molecule has 0 saturated heterocycles. The van der Waals surface area contributed by atoms with Crippen molar-refractivity contribution in [1.82, 2.24) is 0 Å².